The van der Waals surface area contributed by atoms with E-state index in [1.165, 1.54) is 6.42 Å². The normalized spacial score (nSPS) is 15.2. The van der Waals surface area contributed by atoms with Crippen LogP contribution in [0.2, 0.25) is 0 Å². The van der Waals surface area contributed by atoms with Gasteiger partial charge in [0.25, 0.3) is 0 Å². The molecule has 3 aromatic carbocycles. The summed E-state index contributed by atoms with van der Waals surface area (Å²) in [7, 11) is -2.05. The predicted molar refractivity (Wildman–Crippen MR) is 131 cm³/mol. The van der Waals surface area contributed by atoms with Gasteiger partial charge in [0, 0.05) is 25.0 Å². The Bertz CT molecular complexity index is 1190. The molecule has 1 N–H and O–H groups in total. The molecule has 5 nitrogen and oxygen atoms in total. The van der Waals surface area contributed by atoms with Crippen molar-refractivity contribution in [2.75, 3.05) is 31.6 Å². The molecule has 1 heterocycles. The van der Waals surface area contributed by atoms with Crippen LogP contribution in [-0.2, 0) is 15.4 Å². The number of benzene rings is 3. The van der Waals surface area contributed by atoms with E-state index in [0.29, 0.717) is 12.3 Å². The largest absolute Gasteiger partial charge is 0.495 e. The van der Waals surface area contributed by atoms with Gasteiger partial charge in [-0.2, -0.15) is 0 Å². The van der Waals surface area contributed by atoms with Gasteiger partial charge in [0.15, 0.2) is 0 Å². The molecule has 170 valence electrons. The van der Waals surface area contributed by atoms with Crippen LogP contribution in [0.5, 0.6) is 5.75 Å². The van der Waals surface area contributed by atoms with Crippen molar-refractivity contribution in [3.8, 4) is 5.75 Å². The summed E-state index contributed by atoms with van der Waals surface area (Å²) in [6.07, 6.45) is 3.43. The maximum atomic E-state index is 13.2. The molecule has 0 aliphatic carbocycles. The highest BCUT2D eigenvalue weighted by atomic mass is 32.2. The average molecular weight is 453 g/mol. The van der Waals surface area contributed by atoms with E-state index in [0.717, 1.165) is 48.0 Å². The molecule has 0 bridgehead atoms. The molecule has 32 heavy (non-hydrogen) atoms. The Hall–Kier alpha value is -2.57. The van der Waals surface area contributed by atoms with E-state index in [4.69, 9.17) is 4.74 Å². The summed E-state index contributed by atoms with van der Waals surface area (Å²) in [4.78, 5) is 2.49. The first kappa shape index (κ1) is 22.6. The number of hydrogen-bond donors (Lipinski definition) is 1. The monoisotopic (exact) mass is 452 g/mol. The van der Waals surface area contributed by atoms with E-state index in [9.17, 15) is 8.42 Å². The minimum absolute atomic E-state index is 0.271. The van der Waals surface area contributed by atoms with Gasteiger partial charge in [0.1, 0.15) is 5.75 Å². The molecule has 1 saturated heterocycles. The first-order valence-electron chi connectivity index (χ1n) is 11.2. The maximum Gasteiger partial charge on any atom is 0.240 e. The molecule has 1 fully saturated rings. The number of methoxy groups -OCH3 is 1. The Morgan fingerprint density at radius 3 is 2.44 bits per heavy atom. The number of rotatable bonds is 7. The third-order valence-corrected chi connectivity index (χ3v) is 7.78. The highest BCUT2D eigenvalue weighted by Crippen LogP contribution is 2.34. The van der Waals surface area contributed by atoms with Gasteiger partial charge < -0.3 is 9.64 Å². The number of ether oxygens (including phenoxy) is 1. The lowest BCUT2D eigenvalue weighted by atomic mass is 9.82. The van der Waals surface area contributed by atoms with Gasteiger partial charge in [0.05, 0.1) is 17.7 Å². The van der Waals surface area contributed by atoms with Crippen LogP contribution in [0.15, 0.2) is 65.6 Å². The standard InChI is InChI=1S/C26H32N2O3S/c1-26(2,23-13-9-11-20-10-5-6-12-22(20)23)19-27-32(29,30)21-14-15-25(31-3)24(18-21)28-16-7-4-8-17-28/h5-6,9-15,18,27H,4,7-8,16-17,19H2,1-3H3. The fourth-order valence-corrected chi connectivity index (χ4v) is 5.72. The lowest BCUT2D eigenvalue weighted by Gasteiger charge is -2.30. The molecule has 6 heteroatoms. The number of nitrogens with one attached hydrogen (secondary N) is 1. The van der Waals surface area contributed by atoms with Crippen molar-refractivity contribution in [3.63, 3.8) is 0 Å². The van der Waals surface area contributed by atoms with Crippen molar-refractivity contribution in [1.82, 2.24) is 4.72 Å². The first-order valence-corrected chi connectivity index (χ1v) is 12.7. The number of nitrogens with zero attached hydrogens (tertiary/aromatic N) is 1. The van der Waals surface area contributed by atoms with Crippen LogP contribution in [0.3, 0.4) is 0 Å². The van der Waals surface area contributed by atoms with Crippen molar-refractivity contribution in [1.29, 1.82) is 0 Å². The third kappa shape index (κ3) is 4.62. The zero-order chi connectivity index (χ0) is 22.8. The Labute approximate surface area is 191 Å². The molecule has 0 unspecified atom stereocenters. The van der Waals surface area contributed by atoms with E-state index in [1.807, 2.05) is 18.2 Å². The summed E-state index contributed by atoms with van der Waals surface area (Å²) in [5.74, 6) is 0.710. The fourth-order valence-electron chi connectivity index (χ4n) is 4.49. The Kier molecular flexibility index (Phi) is 6.45. The molecule has 0 radical (unpaired) electrons. The van der Waals surface area contributed by atoms with E-state index in [-0.39, 0.29) is 10.3 Å². The SMILES string of the molecule is COc1ccc(S(=O)(=O)NCC(C)(C)c2cccc3ccccc23)cc1N1CCCCC1. The second-order valence-electron chi connectivity index (χ2n) is 9.12. The zero-order valence-electron chi connectivity index (χ0n) is 19.1. The molecule has 1 aliphatic rings. The lowest BCUT2D eigenvalue weighted by Crippen LogP contribution is -2.37. The minimum atomic E-state index is -3.67. The number of fused-ring (bicyclic) bond motifs is 1. The second kappa shape index (κ2) is 9.12. The topological polar surface area (TPSA) is 58.6 Å². The van der Waals surface area contributed by atoms with Crippen LogP contribution < -0.4 is 14.4 Å². The molecule has 0 saturated carbocycles. The summed E-state index contributed by atoms with van der Waals surface area (Å²) in [6.45, 7) is 6.28. The van der Waals surface area contributed by atoms with E-state index < -0.39 is 10.0 Å². The number of sulfonamides is 1. The Morgan fingerprint density at radius 1 is 0.969 bits per heavy atom. The zero-order valence-corrected chi connectivity index (χ0v) is 19.9. The van der Waals surface area contributed by atoms with Crippen molar-refractivity contribution in [2.24, 2.45) is 0 Å². The molecule has 1 aliphatic heterocycles. The van der Waals surface area contributed by atoms with Gasteiger partial charge in [0.2, 0.25) is 10.0 Å². The van der Waals surface area contributed by atoms with Crippen molar-refractivity contribution in [3.05, 3.63) is 66.2 Å². The lowest BCUT2D eigenvalue weighted by molar-refractivity contribution is 0.412. The third-order valence-electron chi connectivity index (χ3n) is 6.38. The van der Waals surface area contributed by atoms with E-state index >= 15 is 0 Å². The van der Waals surface area contributed by atoms with Gasteiger partial charge in [-0.05, 0) is 53.8 Å². The smallest absolute Gasteiger partial charge is 0.240 e. The summed E-state index contributed by atoms with van der Waals surface area (Å²) >= 11 is 0. The van der Waals surface area contributed by atoms with Gasteiger partial charge in [-0.15, -0.1) is 0 Å². The molecule has 0 atom stereocenters. The van der Waals surface area contributed by atoms with Gasteiger partial charge in [-0.3, -0.25) is 0 Å². The molecular formula is C26H32N2O3S. The Morgan fingerprint density at radius 2 is 1.69 bits per heavy atom. The van der Waals surface area contributed by atoms with Crippen LogP contribution in [0.25, 0.3) is 10.8 Å². The summed E-state index contributed by atoms with van der Waals surface area (Å²) in [6, 6.07) is 19.5. The van der Waals surface area contributed by atoms with Crippen LogP contribution in [0.4, 0.5) is 5.69 Å². The molecule has 0 spiro atoms. The van der Waals surface area contributed by atoms with Gasteiger partial charge >= 0.3 is 0 Å². The van der Waals surface area contributed by atoms with Crippen LogP contribution in [-0.4, -0.2) is 35.2 Å². The fraction of sp³-hybridized carbons (Fsp3) is 0.385. The summed E-state index contributed by atoms with van der Waals surface area (Å²) in [5.41, 5.74) is 1.60. The predicted octanol–water partition coefficient (Wildman–Crippen LogP) is 5.09. The highest BCUT2D eigenvalue weighted by Gasteiger charge is 2.27. The quantitative estimate of drug-likeness (QED) is 0.542. The van der Waals surface area contributed by atoms with Crippen LogP contribution in [0.1, 0.15) is 38.7 Å². The molecule has 0 amide bonds. The van der Waals surface area contributed by atoms with Gasteiger partial charge in [-0.1, -0.05) is 56.3 Å². The number of anilines is 1. The van der Waals surface area contributed by atoms with Crippen molar-refractivity contribution >= 4 is 26.5 Å². The highest BCUT2D eigenvalue weighted by molar-refractivity contribution is 7.89. The van der Waals surface area contributed by atoms with E-state index in [1.54, 1.807) is 25.3 Å². The average Bonchev–Trinajstić information content (AvgIpc) is 2.82. The molecule has 3 aromatic rings. The number of piperidine rings is 1. The van der Waals surface area contributed by atoms with Crippen LogP contribution in [0, 0.1) is 0 Å². The minimum Gasteiger partial charge on any atom is -0.495 e. The Balaban J connectivity index is 1.59. The summed E-state index contributed by atoms with van der Waals surface area (Å²) < 4.78 is 34.9. The van der Waals surface area contributed by atoms with Crippen molar-refractivity contribution in [2.45, 2.75) is 43.4 Å². The molecular weight excluding hydrogens is 420 g/mol. The summed E-state index contributed by atoms with van der Waals surface area (Å²) in [5, 5.41) is 2.30. The first-order chi connectivity index (χ1) is 15.3. The number of hydrogen-bond acceptors (Lipinski definition) is 4. The second-order valence-corrected chi connectivity index (χ2v) is 10.9. The van der Waals surface area contributed by atoms with Crippen LogP contribution >= 0.6 is 0 Å². The maximum absolute atomic E-state index is 13.2. The van der Waals surface area contributed by atoms with E-state index in [2.05, 4.69) is 47.7 Å². The molecule has 0 aromatic heterocycles. The van der Waals surface area contributed by atoms with Gasteiger partial charge in [-0.25, -0.2) is 13.1 Å². The molecule has 4 rings (SSSR count). The van der Waals surface area contributed by atoms with Crippen molar-refractivity contribution < 1.29 is 13.2 Å².